The lowest BCUT2D eigenvalue weighted by Gasteiger charge is -2.18. The zero-order valence-corrected chi connectivity index (χ0v) is 16.2. The van der Waals surface area contributed by atoms with Crippen molar-refractivity contribution in [2.45, 2.75) is 6.92 Å². The summed E-state index contributed by atoms with van der Waals surface area (Å²) in [4.78, 5) is 26.4. The number of pyridine rings is 1. The zero-order chi connectivity index (χ0) is 19.0. The van der Waals surface area contributed by atoms with Gasteiger partial charge in [-0.3, -0.25) is 9.59 Å². The Hall–Kier alpha value is -3.05. The van der Waals surface area contributed by atoms with Crippen LogP contribution >= 0.6 is 15.9 Å². The minimum Gasteiger partial charge on any atom is -0.347 e. The Morgan fingerprint density at radius 1 is 0.815 bits per heavy atom. The van der Waals surface area contributed by atoms with Crippen LogP contribution in [0.15, 0.2) is 83.2 Å². The maximum Gasteiger partial charge on any atom is 0.286 e. The van der Waals surface area contributed by atoms with Crippen molar-refractivity contribution in [1.82, 2.24) is 0 Å². The number of hydrogen-bond donors (Lipinski definition) is 1. The molecule has 0 spiro atoms. The summed E-state index contributed by atoms with van der Waals surface area (Å²) >= 11 is 3.40. The molecule has 3 aromatic rings. The summed E-state index contributed by atoms with van der Waals surface area (Å²) in [5, 5.41) is 3.16. The standard InChI is InChI=1S/C22H15BrN2O2/c1-14-10-12-25(13-11-14)20-19(24-16-8-6-15(23)7-9-16)21(26)17-4-2-3-5-18(17)22(20)27/h2-13H,1H3/p+1. The van der Waals surface area contributed by atoms with Crippen molar-refractivity contribution in [2.24, 2.45) is 0 Å². The lowest BCUT2D eigenvalue weighted by atomic mass is 9.90. The molecule has 0 atom stereocenters. The third-order valence-corrected chi connectivity index (χ3v) is 4.99. The molecule has 5 heteroatoms. The van der Waals surface area contributed by atoms with E-state index in [1.165, 1.54) is 0 Å². The molecular weight excluding hydrogens is 404 g/mol. The molecule has 0 unspecified atom stereocenters. The summed E-state index contributed by atoms with van der Waals surface area (Å²) in [6.45, 7) is 1.98. The van der Waals surface area contributed by atoms with E-state index in [0.29, 0.717) is 16.8 Å². The first-order chi connectivity index (χ1) is 13.0. The van der Waals surface area contributed by atoms with E-state index in [4.69, 9.17) is 0 Å². The zero-order valence-electron chi connectivity index (χ0n) is 14.6. The molecule has 27 heavy (non-hydrogen) atoms. The average molecular weight is 420 g/mol. The minimum atomic E-state index is -0.198. The summed E-state index contributed by atoms with van der Waals surface area (Å²) in [7, 11) is 0. The summed E-state index contributed by atoms with van der Waals surface area (Å²) in [6.07, 6.45) is 3.60. The fourth-order valence-corrected chi connectivity index (χ4v) is 3.32. The molecule has 1 aliphatic carbocycles. The molecule has 4 nitrogen and oxygen atoms in total. The number of carbonyl (C=O) groups excluding carboxylic acids is 2. The van der Waals surface area contributed by atoms with Gasteiger partial charge in [-0.2, -0.15) is 4.57 Å². The first-order valence-electron chi connectivity index (χ1n) is 8.48. The molecular formula is C22H16BrN2O2+. The van der Waals surface area contributed by atoms with Gasteiger partial charge in [-0.1, -0.05) is 40.2 Å². The van der Waals surface area contributed by atoms with E-state index in [0.717, 1.165) is 15.7 Å². The number of Topliss-reactive ketones (excluding diaryl/α,β-unsaturated/α-hetero) is 2. The van der Waals surface area contributed by atoms with Crippen LogP contribution in [-0.4, -0.2) is 11.6 Å². The number of aryl methyl sites for hydroxylation is 1. The van der Waals surface area contributed by atoms with Gasteiger partial charge in [-0.15, -0.1) is 0 Å². The number of ketones is 2. The minimum absolute atomic E-state index is 0.182. The summed E-state index contributed by atoms with van der Waals surface area (Å²) in [6, 6.07) is 18.2. The van der Waals surface area contributed by atoms with Gasteiger partial charge in [0.05, 0.1) is 0 Å². The molecule has 0 aliphatic heterocycles. The van der Waals surface area contributed by atoms with E-state index < -0.39 is 0 Å². The smallest absolute Gasteiger partial charge is 0.286 e. The van der Waals surface area contributed by atoms with Crippen molar-refractivity contribution in [3.8, 4) is 0 Å². The van der Waals surface area contributed by atoms with Gasteiger partial charge in [0.25, 0.3) is 11.5 Å². The maximum absolute atomic E-state index is 13.2. The second kappa shape index (κ2) is 6.93. The van der Waals surface area contributed by atoms with Crippen LogP contribution in [0, 0.1) is 6.92 Å². The van der Waals surface area contributed by atoms with Gasteiger partial charge >= 0.3 is 0 Å². The van der Waals surface area contributed by atoms with Gasteiger partial charge < -0.3 is 5.32 Å². The maximum atomic E-state index is 13.2. The van der Waals surface area contributed by atoms with E-state index >= 15 is 0 Å². The number of nitrogens with zero attached hydrogens (tertiary/aromatic N) is 1. The van der Waals surface area contributed by atoms with Gasteiger partial charge in [0, 0.05) is 33.4 Å². The van der Waals surface area contributed by atoms with Crippen molar-refractivity contribution >= 4 is 38.9 Å². The van der Waals surface area contributed by atoms with Crippen LogP contribution in [0.1, 0.15) is 26.3 Å². The highest BCUT2D eigenvalue weighted by molar-refractivity contribution is 9.10. The number of rotatable bonds is 3. The summed E-state index contributed by atoms with van der Waals surface area (Å²) in [5.74, 6) is -0.380. The van der Waals surface area contributed by atoms with Crippen LogP contribution in [0.2, 0.25) is 0 Å². The lowest BCUT2D eigenvalue weighted by Crippen LogP contribution is -2.42. The highest BCUT2D eigenvalue weighted by Crippen LogP contribution is 2.28. The molecule has 132 valence electrons. The van der Waals surface area contributed by atoms with Gasteiger partial charge in [-0.25, -0.2) is 0 Å². The van der Waals surface area contributed by atoms with Crippen LogP contribution in [0.5, 0.6) is 0 Å². The molecule has 0 bridgehead atoms. The number of fused-ring (bicyclic) bond motifs is 1. The number of carbonyl (C=O) groups is 2. The van der Waals surface area contributed by atoms with Crippen LogP contribution in [0.3, 0.4) is 0 Å². The Morgan fingerprint density at radius 2 is 1.41 bits per heavy atom. The van der Waals surface area contributed by atoms with E-state index in [1.54, 1.807) is 41.2 Å². The topological polar surface area (TPSA) is 50.1 Å². The molecule has 1 heterocycles. The molecule has 0 fully saturated rings. The first-order valence-corrected chi connectivity index (χ1v) is 9.27. The third-order valence-electron chi connectivity index (χ3n) is 4.46. The monoisotopic (exact) mass is 419 g/mol. The number of hydrogen-bond acceptors (Lipinski definition) is 3. The number of halogens is 1. The summed E-state index contributed by atoms with van der Waals surface area (Å²) in [5.41, 5.74) is 3.24. The number of aromatic nitrogens is 1. The van der Waals surface area contributed by atoms with E-state index in [-0.39, 0.29) is 17.3 Å². The van der Waals surface area contributed by atoms with Crippen molar-refractivity contribution in [3.05, 3.63) is 99.9 Å². The quantitative estimate of drug-likeness (QED) is 0.639. The number of allylic oxidation sites excluding steroid dienone is 2. The van der Waals surface area contributed by atoms with Gasteiger partial charge in [0.15, 0.2) is 18.1 Å². The van der Waals surface area contributed by atoms with E-state index in [9.17, 15) is 9.59 Å². The third kappa shape index (κ3) is 3.22. The predicted octanol–water partition coefficient (Wildman–Crippen LogP) is 4.40. The van der Waals surface area contributed by atoms with Crippen LogP contribution in [-0.2, 0) is 0 Å². The molecule has 0 saturated heterocycles. The van der Waals surface area contributed by atoms with Crippen molar-refractivity contribution in [3.63, 3.8) is 0 Å². The van der Waals surface area contributed by atoms with Crippen molar-refractivity contribution < 1.29 is 14.2 Å². The van der Waals surface area contributed by atoms with Crippen LogP contribution < -0.4 is 9.88 Å². The Bertz CT molecular complexity index is 1080. The van der Waals surface area contributed by atoms with Crippen molar-refractivity contribution in [1.29, 1.82) is 0 Å². The molecule has 4 rings (SSSR count). The van der Waals surface area contributed by atoms with Crippen LogP contribution in [0.4, 0.5) is 5.69 Å². The normalized spacial score (nSPS) is 13.6. The molecule has 2 aromatic carbocycles. The molecule has 0 amide bonds. The largest absolute Gasteiger partial charge is 0.347 e. The lowest BCUT2D eigenvalue weighted by molar-refractivity contribution is -0.577. The second-order valence-corrected chi connectivity index (χ2v) is 7.26. The molecule has 1 aliphatic rings. The average Bonchev–Trinajstić information content (AvgIpc) is 2.69. The Kier molecular flexibility index (Phi) is 4.46. The number of nitrogens with one attached hydrogen (secondary N) is 1. The summed E-state index contributed by atoms with van der Waals surface area (Å²) < 4.78 is 2.64. The van der Waals surface area contributed by atoms with Gasteiger partial charge in [0.1, 0.15) is 0 Å². The van der Waals surface area contributed by atoms with E-state index in [2.05, 4.69) is 21.2 Å². The highest BCUT2D eigenvalue weighted by atomic mass is 79.9. The fraction of sp³-hybridized carbons (Fsp3) is 0.0455. The Labute approximate surface area is 165 Å². The Morgan fingerprint density at radius 3 is 2.04 bits per heavy atom. The highest BCUT2D eigenvalue weighted by Gasteiger charge is 2.38. The molecule has 1 aromatic heterocycles. The van der Waals surface area contributed by atoms with Crippen LogP contribution in [0.25, 0.3) is 5.70 Å². The van der Waals surface area contributed by atoms with E-state index in [1.807, 2.05) is 43.3 Å². The second-order valence-electron chi connectivity index (χ2n) is 6.34. The van der Waals surface area contributed by atoms with Gasteiger partial charge in [-0.05, 0) is 36.8 Å². The SMILES string of the molecule is Cc1cc[n+](C2=C(Nc3ccc(Br)cc3)C(=O)c3ccccc3C2=O)cc1. The fourth-order valence-electron chi connectivity index (χ4n) is 3.05. The number of benzene rings is 2. The van der Waals surface area contributed by atoms with Gasteiger partial charge in [0.2, 0.25) is 5.78 Å². The van der Waals surface area contributed by atoms with Crippen molar-refractivity contribution in [2.75, 3.05) is 5.32 Å². The molecule has 0 saturated carbocycles. The predicted molar refractivity (Wildman–Crippen MR) is 107 cm³/mol. The molecule has 0 radical (unpaired) electrons. The first kappa shape index (κ1) is 17.4. The number of anilines is 1. The molecule has 1 N–H and O–H groups in total. The Balaban J connectivity index is 1.90.